The molecule has 7 nitrogen and oxygen atoms in total. The van der Waals surface area contributed by atoms with Crippen molar-refractivity contribution in [3.8, 4) is 11.5 Å². The first-order chi connectivity index (χ1) is 15.4. The monoisotopic (exact) mass is 475 g/mol. The Morgan fingerprint density at radius 3 is 2.69 bits per heavy atom. The maximum Gasteiger partial charge on any atom is 0.254 e. The van der Waals surface area contributed by atoms with Gasteiger partial charge in [-0.05, 0) is 44.8 Å². The van der Waals surface area contributed by atoms with Gasteiger partial charge in [0.25, 0.3) is 5.56 Å². The molecule has 0 amide bonds. The van der Waals surface area contributed by atoms with Crippen LogP contribution in [0.4, 0.5) is 0 Å². The SMILES string of the molecule is Cc1nc(CCSCc2ccc(CN(C)C)o2)[nH]c(=O)c1Cc1cc2c(cc1Cl)OCO2. The molecule has 0 unspecified atom stereocenters. The lowest BCUT2D eigenvalue weighted by Gasteiger charge is -2.09. The summed E-state index contributed by atoms with van der Waals surface area (Å²) in [5.41, 5.74) is 1.99. The summed E-state index contributed by atoms with van der Waals surface area (Å²) in [5, 5.41) is 0.542. The molecule has 0 saturated heterocycles. The first kappa shape index (κ1) is 22.8. The number of ether oxygens (including phenoxy) is 2. The maximum absolute atomic E-state index is 12.7. The summed E-state index contributed by atoms with van der Waals surface area (Å²) in [5.74, 6) is 5.50. The maximum atomic E-state index is 12.7. The molecule has 0 aliphatic carbocycles. The van der Waals surface area contributed by atoms with Crippen molar-refractivity contribution in [3.63, 3.8) is 0 Å². The lowest BCUT2D eigenvalue weighted by atomic mass is 10.0. The van der Waals surface area contributed by atoms with Gasteiger partial charge in [0.2, 0.25) is 6.79 Å². The second kappa shape index (κ2) is 10.0. The Bertz CT molecular complexity index is 1160. The van der Waals surface area contributed by atoms with Crippen molar-refractivity contribution in [1.82, 2.24) is 14.9 Å². The van der Waals surface area contributed by atoms with E-state index in [1.54, 1.807) is 17.8 Å². The van der Waals surface area contributed by atoms with Crippen molar-refractivity contribution in [2.45, 2.75) is 32.1 Å². The molecule has 0 saturated carbocycles. The number of nitrogens with one attached hydrogen (secondary N) is 1. The number of hydrogen-bond acceptors (Lipinski definition) is 7. The minimum Gasteiger partial charge on any atom is -0.464 e. The smallest absolute Gasteiger partial charge is 0.254 e. The van der Waals surface area contributed by atoms with E-state index in [9.17, 15) is 4.79 Å². The fourth-order valence-corrected chi connectivity index (χ4v) is 4.58. The van der Waals surface area contributed by atoms with Crippen LogP contribution in [0.1, 0.15) is 34.2 Å². The van der Waals surface area contributed by atoms with Crippen LogP contribution in [0.2, 0.25) is 5.02 Å². The molecular formula is C23H26ClN3O4S. The van der Waals surface area contributed by atoms with E-state index < -0.39 is 0 Å². The Labute approximate surface area is 196 Å². The molecule has 1 aliphatic rings. The highest BCUT2D eigenvalue weighted by molar-refractivity contribution is 7.98. The zero-order chi connectivity index (χ0) is 22.7. The molecule has 1 aliphatic heterocycles. The second-order valence-corrected chi connectivity index (χ2v) is 9.47. The number of aromatic amines is 1. The number of benzene rings is 1. The largest absolute Gasteiger partial charge is 0.464 e. The summed E-state index contributed by atoms with van der Waals surface area (Å²) >= 11 is 8.13. The van der Waals surface area contributed by atoms with E-state index in [1.807, 2.05) is 39.2 Å². The Kier molecular flexibility index (Phi) is 7.13. The van der Waals surface area contributed by atoms with Crippen molar-refractivity contribution >= 4 is 23.4 Å². The molecule has 0 atom stereocenters. The lowest BCUT2D eigenvalue weighted by molar-refractivity contribution is 0.174. The van der Waals surface area contributed by atoms with Gasteiger partial charge in [0.15, 0.2) is 11.5 Å². The molecule has 0 fully saturated rings. The van der Waals surface area contributed by atoms with Crippen LogP contribution in [0.5, 0.6) is 11.5 Å². The first-order valence-corrected chi connectivity index (χ1v) is 11.9. The fraction of sp³-hybridized carbons (Fsp3) is 0.391. The number of aryl methyl sites for hydroxylation is 2. The van der Waals surface area contributed by atoms with E-state index in [0.717, 1.165) is 35.1 Å². The summed E-state index contributed by atoms with van der Waals surface area (Å²) in [6.45, 7) is 2.83. The summed E-state index contributed by atoms with van der Waals surface area (Å²) in [7, 11) is 4.03. The number of rotatable bonds is 9. The lowest BCUT2D eigenvalue weighted by Crippen LogP contribution is -2.20. The van der Waals surface area contributed by atoms with Crippen molar-refractivity contribution in [3.05, 3.63) is 73.8 Å². The Morgan fingerprint density at radius 2 is 1.94 bits per heavy atom. The normalized spacial score (nSPS) is 12.7. The van der Waals surface area contributed by atoms with Crippen LogP contribution in [0.15, 0.2) is 33.5 Å². The fourth-order valence-electron chi connectivity index (χ4n) is 3.52. The van der Waals surface area contributed by atoms with Gasteiger partial charge >= 0.3 is 0 Å². The molecule has 32 heavy (non-hydrogen) atoms. The molecule has 4 rings (SSSR count). The zero-order valence-electron chi connectivity index (χ0n) is 18.4. The number of furan rings is 1. The second-order valence-electron chi connectivity index (χ2n) is 7.96. The minimum atomic E-state index is -0.134. The molecule has 1 aromatic carbocycles. The van der Waals surface area contributed by atoms with Gasteiger partial charge < -0.3 is 23.8 Å². The third kappa shape index (κ3) is 5.49. The molecule has 9 heteroatoms. The van der Waals surface area contributed by atoms with Crippen LogP contribution in [0.3, 0.4) is 0 Å². The van der Waals surface area contributed by atoms with E-state index in [0.29, 0.717) is 46.4 Å². The third-order valence-electron chi connectivity index (χ3n) is 5.10. The van der Waals surface area contributed by atoms with E-state index in [2.05, 4.69) is 14.9 Å². The quantitative estimate of drug-likeness (QED) is 0.465. The van der Waals surface area contributed by atoms with Crippen LogP contribution in [0, 0.1) is 6.92 Å². The van der Waals surface area contributed by atoms with Crippen LogP contribution in [-0.4, -0.2) is 41.5 Å². The highest BCUT2D eigenvalue weighted by Gasteiger charge is 2.18. The van der Waals surface area contributed by atoms with Crippen molar-refractivity contribution in [1.29, 1.82) is 0 Å². The highest BCUT2D eigenvalue weighted by atomic mass is 35.5. The predicted octanol–water partition coefficient (Wildman–Crippen LogP) is 4.18. The summed E-state index contributed by atoms with van der Waals surface area (Å²) in [4.78, 5) is 22.4. The van der Waals surface area contributed by atoms with E-state index in [-0.39, 0.29) is 12.4 Å². The van der Waals surface area contributed by atoms with Gasteiger partial charge in [-0.2, -0.15) is 11.8 Å². The molecular weight excluding hydrogens is 450 g/mol. The van der Waals surface area contributed by atoms with Gasteiger partial charge in [-0.3, -0.25) is 4.79 Å². The number of H-pyrrole nitrogens is 1. The average molecular weight is 476 g/mol. The van der Waals surface area contributed by atoms with Gasteiger partial charge in [0.05, 0.1) is 12.3 Å². The first-order valence-electron chi connectivity index (χ1n) is 10.4. The summed E-state index contributed by atoms with van der Waals surface area (Å²) < 4.78 is 16.6. The molecule has 3 heterocycles. The van der Waals surface area contributed by atoms with Crippen LogP contribution < -0.4 is 15.0 Å². The van der Waals surface area contributed by atoms with Gasteiger partial charge in [0.1, 0.15) is 17.3 Å². The van der Waals surface area contributed by atoms with E-state index >= 15 is 0 Å². The summed E-state index contributed by atoms with van der Waals surface area (Å²) in [6.07, 6.45) is 1.06. The van der Waals surface area contributed by atoms with Gasteiger partial charge in [-0.1, -0.05) is 11.6 Å². The number of fused-ring (bicyclic) bond motifs is 1. The van der Waals surface area contributed by atoms with Crippen LogP contribution in [-0.2, 0) is 25.1 Å². The van der Waals surface area contributed by atoms with E-state index in [4.69, 9.17) is 25.5 Å². The standard InChI is InChI=1S/C23H26ClN3O4S/c1-14-18(8-15-9-20-21(10-19(15)24)30-13-29-20)23(28)26-22(25-14)6-7-32-12-17-5-4-16(31-17)11-27(2)3/h4-5,9-10H,6-8,11-13H2,1-3H3,(H,25,26,28). The summed E-state index contributed by atoms with van der Waals surface area (Å²) in [6, 6.07) is 7.59. The van der Waals surface area contributed by atoms with Crippen molar-refractivity contribution in [2.24, 2.45) is 0 Å². The number of halogens is 1. The molecule has 1 N–H and O–H groups in total. The molecule has 3 aromatic rings. The molecule has 2 aromatic heterocycles. The topological polar surface area (TPSA) is 80.6 Å². The van der Waals surface area contributed by atoms with Crippen molar-refractivity contribution < 1.29 is 13.9 Å². The molecule has 0 radical (unpaired) electrons. The van der Waals surface area contributed by atoms with Crippen LogP contribution in [0.25, 0.3) is 0 Å². The number of aromatic nitrogens is 2. The number of hydrogen-bond donors (Lipinski definition) is 1. The zero-order valence-corrected chi connectivity index (χ0v) is 19.9. The Balaban J connectivity index is 1.35. The molecule has 0 bridgehead atoms. The van der Waals surface area contributed by atoms with E-state index in [1.165, 1.54) is 0 Å². The molecule has 0 spiro atoms. The number of nitrogens with zero attached hydrogens (tertiary/aromatic N) is 2. The highest BCUT2D eigenvalue weighted by Crippen LogP contribution is 2.37. The Morgan fingerprint density at radius 1 is 1.19 bits per heavy atom. The average Bonchev–Trinajstić information content (AvgIpc) is 3.36. The Hall–Kier alpha value is -2.42. The van der Waals surface area contributed by atoms with Crippen LogP contribution >= 0.6 is 23.4 Å². The van der Waals surface area contributed by atoms with Gasteiger partial charge in [0, 0.05) is 40.9 Å². The van der Waals surface area contributed by atoms with Gasteiger partial charge in [-0.15, -0.1) is 0 Å². The predicted molar refractivity (Wildman–Crippen MR) is 126 cm³/mol. The molecule has 170 valence electrons. The number of thioether (sulfide) groups is 1. The third-order valence-corrected chi connectivity index (χ3v) is 6.43. The van der Waals surface area contributed by atoms with Gasteiger partial charge in [-0.25, -0.2) is 4.98 Å². The van der Waals surface area contributed by atoms with Crippen molar-refractivity contribution in [2.75, 3.05) is 26.6 Å². The minimum absolute atomic E-state index is 0.134.